The van der Waals surface area contributed by atoms with Crippen LogP contribution in [0.1, 0.15) is 18.9 Å². The van der Waals surface area contributed by atoms with Crippen molar-refractivity contribution in [3.63, 3.8) is 0 Å². The lowest BCUT2D eigenvalue weighted by atomic mass is 10.1. The van der Waals surface area contributed by atoms with Crippen molar-refractivity contribution < 1.29 is 9.53 Å². The van der Waals surface area contributed by atoms with Crippen molar-refractivity contribution >= 4 is 17.3 Å². The second-order valence-corrected chi connectivity index (χ2v) is 5.57. The van der Waals surface area contributed by atoms with Gasteiger partial charge in [-0.15, -0.1) is 0 Å². The van der Waals surface area contributed by atoms with Crippen molar-refractivity contribution in [3.8, 4) is 5.75 Å². The lowest BCUT2D eigenvalue weighted by Crippen LogP contribution is -2.13. The third-order valence-electron chi connectivity index (χ3n) is 3.54. The maximum Gasteiger partial charge on any atom is 0.224 e. The average Bonchev–Trinajstić information content (AvgIpc) is 2.55. The fourth-order valence-corrected chi connectivity index (χ4v) is 2.24. The Balaban J connectivity index is 1.82. The molecule has 0 aliphatic carbocycles. The molecule has 0 radical (unpaired) electrons. The number of carbonyl (C=O) groups is 1. The van der Waals surface area contributed by atoms with Gasteiger partial charge < -0.3 is 15.0 Å². The molecule has 1 amide bonds. The zero-order valence-electron chi connectivity index (χ0n) is 14.0. The van der Waals surface area contributed by atoms with E-state index >= 15 is 0 Å². The molecule has 1 N–H and O–H groups in total. The number of hydrogen-bond acceptors (Lipinski definition) is 3. The van der Waals surface area contributed by atoms with Gasteiger partial charge in [-0.05, 0) is 55.3 Å². The molecule has 0 aromatic heterocycles. The van der Waals surface area contributed by atoms with E-state index < -0.39 is 0 Å². The predicted octanol–water partition coefficient (Wildman–Crippen LogP) is 3.72. The van der Waals surface area contributed by atoms with Crippen LogP contribution in [0.2, 0.25) is 0 Å². The number of ether oxygens (including phenoxy) is 1. The van der Waals surface area contributed by atoms with Gasteiger partial charge in [0.05, 0.1) is 6.61 Å². The number of amides is 1. The van der Waals surface area contributed by atoms with Crippen LogP contribution < -0.4 is 15.0 Å². The lowest BCUT2D eigenvalue weighted by molar-refractivity contribution is -0.116. The summed E-state index contributed by atoms with van der Waals surface area (Å²) in [7, 11) is 3.98. The molecular weight excluding hydrogens is 288 g/mol. The molecule has 2 aromatic carbocycles. The predicted molar refractivity (Wildman–Crippen MR) is 95.3 cm³/mol. The second-order valence-electron chi connectivity index (χ2n) is 5.57. The average molecular weight is 312 g/mol. The molecule has 2 rings (SSSR count). The smallest absolute Gasteiger partial charge is 0.224 e. The zero-order chi connectivity index (χ0) is 16.7. The second kappa shape index (κ2) is 8.22. The van der Waals surface area contributed by atoms with Gasteiger partial charge in [-0.3, -0.25) is 4.79 Å². The highest BCUT2D eigenvalue weighted by molar-refractivity contribution is 5.91. The van der Waals surface area contributed by atoms with Crippen LogP contribution >= 0.6 is 0 Å². The fourth-order valence-electron chi connectivity index (χ4n) is 2.24. The van der Waals surface area contributed by atoms with Crippen LogP contribution in [0.3, 0.4) is 0 Å². The molecule has 23 heavy (non-hydrogen) atoms. The summed E-state index contributed by atoms with van der Waals surface area (Å²) in [6, 6.07) is 15.7. The number of nitrogens with zero attached hydrogens (tertiary/aromatic N) is 1. The molecule has 0 unspecified atom stereocenters. The molecule has 0 heterocycles. The monoisotopic (exact) mass is 312 g/mol. The van der Waals surface area contributed by atoms with Gasteiger partial charge in [0, 0.05) is 31.9 Å². The van der Waals surface area contributed by atoms with Crippen LogP contribution in [0, 0.1) is 0 Å². The van der Waals surface area contributed by atoms with Crippen LogP contribution in [0.5, 0.6) is 5.75 Å². The van der Waals surface area contributed by atoms with E-state index in [9.17, 15) is 4.79 Å². The van der Waals surface area contributed by atoms with Crippen molar-refractivity contribution in [1.29, 1.82) is 0 Å². The Morgan fingerprint density at radius 2 is 1.70 bits per heavy atom. The minimum Gasteiger partial charge on any atom is -0.494 e. The highest BCUT2D eigenvalue weighted by Crippen LogP contribution is 2.17. The molecule has 0 saturated heterocycles. The number of nitrogens with one attached hydrogen (secondary N) is 1. The highest BCUT2D eigenvalue weighted by atomic mass is 16.5. The van der Waals surface area contributed by atoms with Crippen molar-refractivity contribution in [3.05, 3.63) is 54.1 Å². The Kier molecular flexibility index (Phi) is 6.03. The van der Waals surface area contributed by atoms with E-state index in [1.54, 1.807) is 0 Å². The summed E-state index contributed by atoms with van der Waals surface area (Å²) >= 11 is 0. The van der Waals surface area contributed by atoms with Crippen LogP contribution in [0.4, 0.5) is 11.4 Å². The fraction of sp³-hybridized carbons (Fsp3) is 0.316. The SMILES string of the molecule is CCOc1ccc(CCC(=O)Nc2ccc(N(C)C)cc2)cc1. The Hall–Kier alpha value is -2.49. The number of benzene rings is 2. The topological polar surface area (TPSA) is 41.6 Å². The maximum absolute atomic E-state index is 12.0. The van der Waals surface area contributed by atoms with Crippen molar-refractivity contribution in [2.75, 3.05) is 30.9 Å². The van der Waals surface area contributed by atoms with Gasteiger partial charge in [0.1, 0.15) is 5.75 Å². The van der Waals surface area contributed by atoms with Crippen LogP contribution in [-0.4, -0.2) is 26.6 Å². The third-order valence-corrected chi connectivity index (χ3v) is 3.54. The van der Waals surface area contributed by atoms with Gasteiger partial charge >= 0.3 is 0 Å². The summed E-state index contributed by atoms with van der Waals surface area (Å²) in [4.78, 5) is 14.1. The van der Waals surface area contributed by atoms with Crippen LogP contribution in [-0.2, 0) is 11.2 Å². The minimum atomic E-state index is 0.0245. The van der Waals surface area contributed by atoms with Crippen LogP contribution in [0.15, 0.2) is 48.5 Å². The Morgan fingerprint density at radius 1 is 1.04 bits per heavy atom. The Labute approximate surface area is 138 Å². The van der Waals surface area contributed by atoms with Crippen molar-refractivity contribution in [2.45, 2.75) is 19.8 Å². The van der Waals surface area contributed by atoms with Gasteiger partial charge in [-0.2, -0.15) is 0 Å². The molecule has 0 spiro atoms. The molecule has 4 heteroatoms. The van der Waals surface area contributed by atoms with Gasteiger partial charge in [0.2, 0.25) is 5.91 Å². The molecule has 0 bridgehead atoms. The summed E-state index contributed by atoms with van der Waals surface area (Å²) in [5, 5.41) is 2.93. The number of rotatable bonds is 7. The molecule has 2 aromatic rings. The standard InChI is InChI=1S/C19H24N2O2/c1-4-23-18-12-5-15(6-13-18)7-14-19(22)20-16-8-10-17(11-9-16)21(2)3/h5-6,8-13H,4,7,14H2,1-3H3,(H,20,22). The van der Waals surface area contributed by atoms with E-state index in [1.165, 1.54) is 0 Å². The van der Waals surface area contributed by atoms with Crippen molar-refractivity contribution in [1.82, 2.24) is 0 Å². The van der Waals surface area contributed by atoms with Crippen LogP contribution in [0.25, 0.3) is 0 Å². The normalized spacial score (nSPS) is 10.2. The molecule has 0 fully saturated rings. The first-order chi connectivity index (χ1) is 11.1. The molecule has 0 saturated carbocycles. The summed E-state index contributed by atoms with van der Waals surface area (Å²) < 4.78 is 5.41. The largest absolute Gasteiger partial charge is 0.494 e. The first-order valence-electron chi connectivity index (χ1n) is 7.87. The minimum absolute atomic E-state index is 0.0245. The molecule has 0 atom stereocenters. The number of aryl methyl sites for hydroxylation is 1. The van der Waals surface area contributed by atoms with E-state index in [-0.39, 0.29) is 5.91 Å². The summed E-state index contributed by atoms with van der Waals surface area (Å²) in [6.45, 7) is 2.62. The van der Waals surface area contributed by atoms with Gasteiger partial charge in [-0.25, -0.2) is 0 Å². The lowest BCUT2D eigenvalue weighted by Gasteiger charge is -2.13. The first-order valence-corrected chi connectivity index (χ1v) is 7.87. The molecule has 122 valence electrons. The summed E-state index contributed by atoms with van der Waals surface area (Å²) in [5.74, 6) is 0.887. The van der Waals surface area contributed by atoms with Gasteiger partial charge in [0.15, 0.2) is 0 Å². The molecule has 0 aliphatic heterocycles. The summed E-state index contributed by atoms with van der Waals surface area (Å²) in [6.07, 6.45) is 1.18. The van der Waals surface area contributed by atoms with Gasteiger partial charge in [0.25, 0.3) is 0 Å². The molecular formula is C19H24N2O2. The molecule has 4 nitrogen and oxygen atoms in total. The van der Waals surface area contributed by atoms with E-state index in [0.717, 1.165) is 22.7 Å². The van der Waals surface area contributed by atoms with E-state index in [4.69, 9.17) is 4.74 Å². The highest BCUT2D eigenvalue weighted by Gasteiger charge is 2.04. The quantitative estimate of drug-likeness (QED) is 0.847. The van der Waals surface area contributed by atoms with E-state index in [1.807, 2.05) is 74.4 Å². The summed E-state index contributed by atoms with van der Waals surface area (Å²) in [5.41, 5.74) is 3.07. The first kappa shape index (κ1) is 16.9. The maximum atomic E-state index is 12.0. The van der Waals surface area contributed by atoms with E-state index in [2.05, 4.69) is 5.32 Å². The van der Waals surface area contributed by atoms with Gasteiger partial charge in [-0.1, -0.05) is 12.1 Å². The number of hydrogen-bond donors (Lipinski definition) is 1. The molecule has 0 aliphatic rings. The van der Waals surface area contributed by atoms with E-state index in [0.29, 0.717) is 19.4 Å². The Bertz CT molecular complexity index is 619. The third kappa shape index (κ3) is 5.33. The zero-order valence-corrected chi connectivity index (χ0v) is 14.0. The number of carbonyl (C=O) groups excluding carboxylic acids is 1. The van der Waals surface area contributed by atoms with Crippen molar-refractivity contribution in [2.24, 2.45) is 0 Å². The number of anilines is 2. The Morgan fingerprint density at radius 3 is 2.26 bits per heavy atom.